The second kappa shape index (κ2) is 5.97. The molecule has 0 aliphatic heterocycles. The molecule has 1 aliphatic rings. The van der Waals surface area contributed by atoms with E-state index >= 15 is 0 Å². The van der Waals surface area contributed by atoms with Gasteiger partial charge >= 0.3 is 0 Å². The molecule has 0 bridgehead atoms. The lowest BCUT2D eigenvalue weighted by molar-refractivity contribution is 0.128. The van der Waals surface area contributed by atoms with Crippen LogP contribution in [0.3, 0.4) is 0 Å². The van der Waals surface area contributed by atoms with Crippen molar-refractivity contribution < 1.29 is 9.84 Å². The third-order valence-corrected chi connectivity index (χ3v) is 2.89. The fraction of sp³-hybridized carbons (Fsp3) is 0.667. The number of hydrogen-bond acceptors (Lipinski definition) is 6. The number of nitrogens with two attached hydrogens (primary N) is 1. The first-order chi connectivity index (χ1) is 8.69. The van der Waals surface area contributed by atoms with Crippen LogP contribution < -0.4 is 11.1 Å². The van der Waals surface area contributed by atoms with Crippen LogP contribution in [0.1, 0.15) is 25.6 Å². The van der Waals surface area contributed by atoms with Crippen molar-refractivity contribution in [1.29, 1.82) is 0 Å². The lowest BCUT2D eigenvalue weighted by Gasteiger charge is -2.12. The zero-order valence-electron chi connectivity index (χ0n) is 10.6. The number of nitrogens with one attached hydrogen (secondary N) is 1. The van der Waals surface area contributed by atoms with Gasteiger partial charge in [0.2, 0.25) is 0 Å². The van der Waals surface area contributed by atoms with Crippen LogP contribution in [0.25, 0.3) is 0 Å². The van der Waals surface area contributed by atoms with Gasteiger partial charge in [0.1, 0.15) is 18.2 Å². The fourth-order valence-electron chi connectivity index (χ4n) is 1.72. The number of aliphatic hydroxyl groups is 1. The van der Waals surface area contributed by atoms with Crippen LogP contribution in [0, 0.1) is 5.92 Å². The van der Waals surface area contributed by atoms with E-state index in [9.17, 15) is 5.11 Å². The average Bonchev–Trinajstić information content (AvgIpc) is 3.17. The summed E-state index contributed by atoms with van der Waals surface area (Å²) in [5, 5.41) is 12.9. The van der Waals surface area contributed by atoms with Gasteiger partial charge in [-0.1, -0.05) is 0 Å². The highest BCUT2D eigenvalue weighted by molar-refractivity contribution is 5.44. The average molecular weight is 252 g/mol. The summed E-state index contributed by atoms with van der Waals surface area (Å²) in [5.41, 5.74) is 5.70. The van der Waals surface area contributed by atoms with E-state index in [1.54, 1.807) is 6.07 Å². The predicted octanol–water partition coefficient (Wildman–Crippen LogP) is 0.778. The maximum absolute atomic E-state index is 9.77. The molecular formula is C12H20N4O2. The van der Waals surface area contributed by atoms with Crippen LogP contribution in [0.15, 0.2) is 6.07 Å². The summed E-state index contributed by atoms with van der Waals surface area (Å²) in [7, 11) is 0. The lowest BCUT2D eigenvalue weighted by Crippen LogP contribution is -2.22. The quantitative estimate of drug-likeness (QED) is 0.664. The van der Waals surface area contributed by atoms with E-state index in [4.69, 9.17) is 10.5 Å². The Morgan fingerprint density at radius 3 is 3.00 bits per heavy atom. The van der Waals surface area contributed by atoms with Crippen LogP contribution in [0.5, 0.6) is 0 Å². The van der Waals surface area contributed by atoms with E-state index in [-0.39, 0.29) is 6.10 Å². The van der Waals surface area contributed by atoms with Crippen LogP contribution in [-0.4, -0.2) is 34.3 Å². The van der Waals surface area contributed by atoms with E-state index in [1.165, 1.54) is 0 Å². The number of anilines is 2. The van der Waals surface area contributed by atoms with Gasteiger partial charge in [-0.25, -0.2) is 9.97 Å². The minimum Gasteiger partial charge on any atom is -0.391 e. The summed E-state index contributed by atoms with van der Waals surface area (Å²) < 4.78 is 5.25. The number of nitrogen functional groups attached to an aromatic ring is 1. The van der Waals surface area contributed by atoms with Gasteiger partial charge in [-0.3, -0.25) is 0 Å². The van der Waals surface area contributed by atoms with Gasteiger partial charge in [-0.2, -0.15) is 0 Å². The van der Waals surface area contributed by atoms with Crippen molar-refractivity contribution in [2.75, 3.05) is 24.2 Å². The monoisotopic (exact) mass is 252 g/mol. The van der Waals surface area contributed by atoms with E-state index in [0.29, 0.717) is 43.1 Å². The highest BCUT2D eigenvalue weighted by Gasteiger charge is 2.29. The Bertz CT molecular complexity index is 396. The number of aromatic nitrogens is 2. The minimum absolute atomic E-state index is 0.309. The smallest absolute Gasteiger partial charge is 0.158 e. The van der Waals surface area contributed by atoms with Crippen molar-refractivity contribution in [1.82, 2.24) is 9.97 Å². The van der Waals surface area contributed by atoms with Crippen molar-refractivity contribution in [3.8, 4) is 0 Å². The third kappa shape index (κ3) is 3.82. The van der Waals surface area contributed by atoms with Gasteiger partial charge in [-0.15, -0.1) is 0 Å². The lowest BCUT2D eigenvalue weighted by atomic mass is 10.2. The van der Waals surface area contributed by atoms with Crippen LogP contribution in [0.4, 0.5) is 11.6 Å². The Morgan fingerprint density at radius 1 is 1.56 bits per heavy atom. The Morgan fingerprint density at radius 2 is 2.33 bits per heavy atom. The molecule has 1 atom stereocenters. The maximum atomic E-state index is 9.77. The summed E-state index contributed by atoms with van der Waals surface area (Å²) in [6, 6.07) is 1.66. The second-order valence-corrected chi connectivity index (χ2v) is 4.52. The summed E-state index contributed by atoms with van der Waals surface area (Å²) in [4.78, 5) is 8.37. The molecule has 0 spiro atoms. The topological polar surface area (TPSA) is 93.3 Å². The van der Waals surface area contributed by atoms with Crippen molar-refractivity contribution in [3.63, 3.8) is 0 Å². The van der Waals surface area contributed by atoms with Gasteiger partial charge in [0.15, 0.2) is 5.82 Å². The first-order valence-electron chi connectivity index (χ1n) is 6.32. The summed E-state index contributed by atoms with van der Waals surface area (Å²) in [6.45, 7) is 3.37. The molecule has 18 heavy (non-hydrogen) atoms. The SMILES string of the molecule is CCOCc1nc(N)cc(NCC(O)C2CC2)n1. The van der Waals surface area contributed by atoms with Crippen molar-refractivity contribution in [2.24, 2.45) is 5.92 Å². The van der Waals surface area contributed by atoms with Gasteiger partial charge in [0.25, 0.3) is 0 Å². The highest BCUT2D eigenvalue weighted by atomic mass is 16.5. The van der Waals surface area contributed by atoms with E-state index < -0.39 is 0 Å². The molecule has 6 nitrogen and oxygen atoms in total. The molecule has 1 saturated carbocycles. The number of hydrogen-bond donors (Lipinski definition) is 3. The summed E-state index contributed by atoms with van der Waals surface area (Å²) in [5.74, 6) is 2.04. The molecule has 6 heteroatoms. The molecule has 1 aromatic heterocycles. The molecule has 1 heterocycles. The number of ether oxygens (including phenoxy) is 1. The van der Waals surface area contributed by atoms with Crippen molar-refractivity contribution >= 4 is 11.6 Å². The maximum Gasteiger partial charge on any atom is 0.158 e. The van der Waals surface area contributed by atoms with Gasteiger partial charge in [0, 0.05) is 19.2 Å². The summed E-state index contributed by atoms with van der Waals surface area (Å²) in [6.07, 6.45) is 1.92. The molecule has 0 aromatic carbocycles. The third-order valence-electron chi connectivity index (χ3n) is 2.89. The van der Waals surface area contributed by atoms with Gasteiger partial charge < -0.3 is 20.9 Å². The van der Waals surface area contributed by atoms with E-state index in [0.717, 1.165) is 12.8 Å². The molecule has 1 aliphatic carbocycles. The normalized spacial score (nSPS) is 16.6. The van der Waals surface area contributed by atoms with Gasteiger partial charge in [-0.05, 0) is 25.7 Å². The van der Waals surface area contributed by atoms with E-state index in [2.05, 4.69) is 15.3 Å². The van der Waals surface area contributed by atoms with Crippen molar-refractivity contribution in [3.05, 3.63) is 11.9 Å². The zero-order valence-corrected chi connectivity index (χ0v) is 10.6. The molecule has 2 rings (SSSR count). The zero-order chi connectivity index (χ0) is 13.0. The Labute approximate surface area is 107 Å². The second-order valence-electron chi connectivity index (χ2n) is 4.52. The molecule has 0 radical (unpaired) electrons. The van der Waals surface area contributed by atoms with Gasteiger partial charge in [0.05, 0.1) is 6.10 Å². The number of aliphatic hydroxyl groups excluding tert-OH is 1. The van der Waals surface area contributed by atoms with E-state index in [1.807, 2.05) is 6.92 Å². The molecule has 100 valence electrons. The molecule has 4 N–H and O–H groups in total. The largest absolute Gasteiger partial charge is 0.391 e. The molecular weight excluding hydrogens is 232 g/mol. The number of nitrogens with zero attached hydrogens (tertiary/aromatic N) is 2. The standard InChI is InChI=1S/C12H20N4O2/c1-2-18-7-12-15-10(13)5-11(16-12)14-6-9(17)8-3-4-8/h5,8-9,17H,2-4,6-7H2,1H3,(H3,13,14,15,16). The Hall–Kier alpha value is -1.40. The molecule has 1 aromatic rings. The van der Waals surface area contributed by atoms with Crippen LogP contribution in [0.2, 0.25) is 0 Å². The predicted molar refractivity (Wildman–Crippen MR) is 69.0 cm³/mol. The number of rotatable bonds is 7. The first-order valence-corrected chi connectivity index (χ1v) is 6.32. The van der Waals surface area contributed by atoms with Crippen molar-refractivity contribution in [2.45, 2.75) is 32.5 Å². The molecule has 1 fully saturated rings. The fourth-order valence-corrected chi connectivity index (χ4v) is 1.72. The minimum atomic E-state index is -0.309. The summed E-state index contributed by atoms with van der Waals surface area (Å²) >= 11 is 0. The Kier molecular flexibility index (Phi) is 4.33. The first kappa shape index (κ1) is 13.0. The Balaban J connectivity index is 1.91. The molecule has 0 saturated heterocycles. The highest BCUT2D eigenvalue weighted by Crippen LogP contribution is 2.32. The van der Waals surface area contributed by atoms with Crippen LogP contribution in [-0.2, 0) is 11.3 Å². The van der Waals surface area contributed by atoms with Crippen LogP contribution >= 0.6 is 0 Å². The molecule has 1 unspecified atom stereocenters. The molecule has 0 amide bonds.